The minimum Gasteiger partial charge on any atom is -0.326 e. The van der Waals surface area contributed by atoms with E-state index in [9.17, 15) is 40.5 Å². The maximum absolute atomic E-state index is 15.1. The van der Waals surface area contributed by atoms with Crippen molar-refractivity contribution in [3.05, 3.63) is 87.2 Å². The Balaban J connectivity index is 1.47. The van der Waals surface area contributed by atoms with E-state index in [1.807, 2.05) is 0 Å². The van der Waals surface area contributed by atoms with E-state index in [-0.39, 0.29) is 21.3 Å². The molecule has 45 heavy (non-hydrogen) atoms. The third kappa shape index (κ3) is 8.22. The third-order valence-electron chi connectivity index (χ3n) is 6.34. The molecule has 1 aliphatic carbocycles. The fourth-order valence-corrected chi connectivity index (χ4v) is 6.33. The first-order valence-corrected chi connectivity index (χ1v) is 15.3. The number of anilines is 3. The molecular formula is C27H17Cl4F6N3O4S. The lowest BCUT2D eigenvalue weighted by molar-refractivity contribution is -0.117. The van der Waals surface area contributed by atoms with Crippen LogP contribution in [-0.2, 0) is 20.4 Å². The lowest BCUT2D eigenvalue weighted by atomic mass is 10.1. The smallest absolute Gasteiger partial charge is 0.326 e. The van der Waals surface area contributed by atoms with Crippen LogP contribution < -0.4 is 16.0 Å². The maximum Gasteiger partial charge on any atom is 0.400 e. The second-order valence-corrected chi connectivity index (χ2v) is 13.3. The molecule has 18 heteroatoms. The highest BCUT2D eigenvalue weighted by Gasteiger charge is 2.67. The van der Waals surface area contributed by atoms with E-state index in [2.05, 4.69) is 10.6 Å². The van der Waals surface area contributed by atoms with Gasteiger partial charge in [-0.25, -0.2) is 13.2 Å². The van der Waals surface area contributed by atoms with Crippen molar-refractivity contribution >= 4 is 92.0 Å². The van der Waals surface area contributed by atoms with Crippen LogP contribution in [-0.4, -0.2) is 43.9 Å². The van der Waals surface area contributed by atoms with Crippen LogP contribution in [0, 0.1) is 23.4 Å². The van der Waals surface area contributed by atoms with Crippen molar-refractivity contribution in [1.29, 1.82) is 0 Å². The number of carbonyl (C=O) groups excluding carboxylic acids is 3. The molecule has 0 saturated heterocycles. The zero-order valence-corrected chi connectivity index (χ0v) is 25.8. The molecule has 3 atom stereocenters. The molecule has 0 bridgehead atoms. The Morgan fingerprint density at radius 3 is 2.18 bits per heavy atom. The first-order valence-electron chi connectivity index (χ1n) is 12.3. The zero-order chi connectivity index (χ0) is 33.4. The number of amides is 3. The molecule has 7 nitrogen and oxygen atoms in total. The van der Waals surface area contributed by atoms with Crippen molar-refractivity contribution in [1.82, 2.24) is 0 Å². The quantitative estimate of drug-likeness (QED) is 0.157. The van der Waals surface area contributed by atoms with Crippen molar-refractivity contribution in [2.24, 2.45) is 5.92 Å². The summed E-state index contributed by atoms with van der Waals surface area (Å²) in [4.78, 5) is 38.0. The molecule has 3 aromatic carbocycles. The lowest BCUT2D eigenvalue weighted by Crippen LogP contribution is -2.27. The Hall–Kier alpha value is -3.04. The minimum atomic E-state index is -4.83. The second-order valence-electron chi connectivity index (χ2n) is 9.62. The van der Waals surface area contributed by atoms with E-state index in [0.717, 1.165) is 18.2 Å². The number of carbonyl (C=O) groups is 3. The Morgan fingerprint density at radius 1 is 0.867 bits per heavy atom. The normalized spacial score (nSPS) is 17.7. The summed E-state index contributed by atoms with van der Waals surface area (Å²) in [6, 6.07) is 8.93. The Labute approximate surface area is 273 Å². The van der Waals surface area contributed by atoms with Crippen LogP contribution in [0.25, 0.3) is 0 Å². The summed E-state index contributed by atoms with van der Waals surface area (Å²) < 4.78 is 90.0. The molecule has 1 saturated carbocycles. The molecule has 1 unspecified atom stereocenters. The lowest BCUT2D eigenvalue weighted by Gasteiger charge is -2.13. The van der Waals surface area contributed by atoms with Crippen molar-refractivity contribution in [2.75, 3.05) is 27.5 Å². The van der Waals surface area contributed by atoms with E-state index >= 15 is 4.39 Å². The number of hydrogen-bond donors (Lipinski definition) is 3. The van der Waals surface area contributed by atoms with Crippen molar-refractivity contribution < 1.29 is 44.9 Å². The fourth-order valence-electron chi connectivity index (χ4n) is 4.28. The molecule has 0 aliphatic heterocycles. The van der Waals surface area contributed by atoms with Gasteiger partial charge < -0.3 is 16.0 Å². The summed E-state index contributed by atoms with van der Waals surface area (Å²) in [6.45, 7) is 0. The van der Waals surface area contributed by atoms with Crippen LogP contribution >= 0.6 is 46.4 Å². The zero-order valence-electron chi connectivity index (χ0n) is 22.0. The van der Waals surface area contributed by atoms with E-state index in [0.29, 0.717) is 11.6 Å². The van der Waals surface area contributed by atoms with Crippen molar-refractivity contribution in [2.45, 2.75) is 16.4 Å². The molecule has 240 valence electrons. The van der Waals surface area contributed by atoms with Gasteiger partial charge in [0.15, 0.2) is 5.82 Å². The van der Waals surface area contributed by atoms with Gasteiger partial charge in [-0.05, 0) is 48.0 Å². The number of halogens is 10. The van der Waals surface area contributed by atoms with Gasteiger partial charge in [-0.15, -0.1) is 23.2 Å². The monoisotopic (exact) mass is 733 g/mol. The topological polar surface area (TPSA) is 104 Å². The van der Waals surface area contributed by atoms with Gasteiger partial charge in [0.2, 0.25) is 11.8 Å². The summed E-state index contributed by atoms with van der Waals surface area (Å²) in [5, 5.41) is 6.02. The summed E-state index contributed by atoms with van der Waals surface area (Å²) in [5.41, 5.74) is -1.60. The predicted octanol–water partition coefficient (Wildman–Crippen LogP) is 7.44. The predicted molar refractivity (Wildman–Crippen MR) is 159 cm³/mol. The summed E-state index contributed by atoms with van der Waals surface area (Å²) in [7, 11) is -2.70. The van der Waals surface area contributed by atoms with Gasteiger partial charge in [-0.2, -0.15) is 13.2 Å². The van der Waals surface area contributed by atoms with Gasteiger partial charge in [0, 0.05) is 22.4 Å². The molecule has 1 aliphatic rings. The van der Waals surface area contributed by atoms with E-state index in [4.69, 9.17) is 46.4 Å². The molecule has 4 rings (SSSR count). The average molecular weight is 735 g/mol. The van der Waals surface area contributed by atoms with Gasteiger partial charge in [0.25, 0.3) is 5.91 Å². The summed E-state index contributed by atoms with van der Waals surface area (Å²) in [5.74, 6) is -11.3. The molecule has 3 amide bonds. The molecule has 1 fully saturated rings. The van der Waals surface area contributed by atoms with Crippen LogP contribution in [0.4, 0.5) is 43.4 Å². The van der Waals surface area contributed by atoms with Crippen molar-refractivity contribution in [3.8, 4) is 0 Å². The Kier molecular flexibility index (Phi) is 10.3. The summed E-state index contributed by atoms with van der Waals surface area (Å²) in [6.07, 6.45) is -4.83. The molecule has 0 spiro atoms. The van der Waals surface area contributed by atoms with Crippen molar-refractivity contribution in [3.63, 3.8) is 0 Å². The maximum atomic E-state index is 15.1. The highest BCUT2D eigenvalue weighted by Crippen LogP contribution is 2.65. The largest absolute Gasteiger partial charge is 0.400 e. The van der Waals surface area contributed by atoms with Gasteiger partial charge in [0.05, 0.1) is 27.2 Å². The van der Waals surface area contributed by atoms with Gasteiger partial charge >= 0.3 is 6.18 Å². The number of nitrogens with one attached hydrogen (secondary N) is 3. The fraction of sp³-hybridized carbons (Fsp3) is 0.222. The van der Waals surface area contributed by atoms with Gasteiger partial charge in [-0.1, -0.05) is 29.3 Å². The number of rotatable bonds is 9. The Bertz CT molecular complexity index is 1730. The van der Waals surface area contributed by atoms with Gasteiger partial charge in [-0.3, -0.25) is 18.6 Å². The van der Waals surface area contributed by atoms with E-state index in [1.54, 1.807) is 5.32 Å². The third-order valence-corrected chi connectivity index (χ3v) is 9.13. The summed E-state index contributed by atoms with van der Waals surface area (Å²) >= 11 is 24.6. The highest BCUT2D eigenvalue weighted by molar-refractivity contribution is 7.85. The van der Waals surface area contributed by atoms with Crippen LogP contribution in [0.1, 0.15) is 21.8 Å². The van der Waals surface area contributed by atoms with Crippen LogP contribution in [0.15, 0.2) is 48.5 Å². The standard InChI is InChI=1S/C27H17Cl4F6N3O4S/c28-14-3-2-12(38-25(43)21-20(27(21,30)31)11-1-4-16(32)15(29)7-11)8-13(14)24(42)39-18-6-5-17(33)23(22(18)34)40-19(41)9-45(44)10-26(35,36)37/h1-8,20-21H,9-10H2,(H,38,43)(H,39,42)(H,40,41)/t20-,21+,45?/m0/s1. The SMILES string of the molecule is O=C(CS(=O)CC(F)(F)F)Nc1c(F)ccc(NC(=O)c2cc(NC(=O)[C@H]3[C@H](c4ccc(F)c(Cl)c4)C3(Cl)Cl)ccc2Cl)c1F. The highest BCUT2D eigenvalue weighted by atomic mass is 35.5. The number of hydrogen-bond acceptors (Lipinski definition) is 4. The van der Waals surface area contributed by atoms with E-state index in [1.165, 1.54) is 24.3 Å². The average Bonchev–Trinajstić information content (AvgIpc) is 3.51. The number of alkyl halides is 5. The second kappa shape index (κ2) is 13.4. The minimum absolute atomic E-state index is 0.0425. The molecule has 0 radical (unpaired) electrons. The molecule has 3 N–H and O–H groups in total. The van der Waals surface area contributed by atoms with Gasteiger partial charge in [0.1, 0.15) is 33.2 Å². The molecule has 3 aromatic rings. The first-order chi connectivity index (χ1) is 20.9. The van der Waals surface area contributed by atoms with E-state index < -0.39 is 91.2 Å². The Morgan fingerprint density at radius 2 is 1.53 bits per heavy atom. The number of benzene rings is 3. The van der Waals surface area contributed by atoms with Crippen LogP contribution in [0.5, 0.6) is 0 Å². The van der Waals surface area contributed by atoms with Crippen LogP contribution in [0.3, 0.4) is 0 Å². The first kappa shape index (κ1) is 34.8. The van der Waals surface area contributed by atoms with Crippen LogP contribution in [0.2, 0.25) is 10.0 Å². The molecular weight excluding hydrogens is 718 g/mol. The molecule has 0 heterocycles. The molecule has 0 aromatic heterocycles.